The highest BCUT2D eigenvalue weighted by atomic mass is 16.5. The van der Waals surface area contributed by atoms with E-state index in [1.165, 1.54) is 0 Å². The number of hydrogen-bond acceptors (Lipinski definition) is 4. The Morgan fingerprint density at radius 3 is 3.19 bits per heavy atom. The predicted octanol–water partition coefficient (Wildman–Crippen LogP) is 0.306. The fourth-order valence-corrected chi connectivity index (χ4v) is 1.52. The molecule has 1 heterocycles. The molecule has 1 aromatic carbocycles. The van der Waals surface area contributed by atoms with Crippen molar-refractivity contribution in [1.29, 1.82) is 0 Å². The Bertz CT molecular complexity index is 418. The zero-order valence-electron chi connectivity index (χ0n) is 8.66. The van der Waals surface area contributed by atoms with Crippen molar-refractivity contribution in [3.05, 3.63) is 23.8 Å². The summed E-state index contributed by atoms with van der Waals surface area (Å²) in [5, 5.41) is 5.68. The van der Waals surface area contributed by atoms with Gasteiger partial charge in [-0.3, -0.25) is 4.79 Å². The Kier molecular flexibility index (Phi) is 3.16. The Morgan fingerprint density at radius 2 is 2.38 bits per heavy atom. The van der Waals surface area contributed by atoms with Crippen LogP contribution in [0.5, 0.6) is 5.75 Å². The second-order valence-corrected chi connectivity index (χ2v) is 3.46. The maximum Gasteiger partial charge on any atom is 0.262 e. The zero-order valence-corrected chi connectivity index (χ0v) is 8.66. The average Bonchev–Trinajstić information content (AvgIpc) is 2.29. The first kappa shape index (κ1) is 10.6. The number of aldehydes is 1. The Balaban J connectivity index is 2.08. The van der Waals surface area contributed by atoms with Gasteiger partial charge in [0.05, 0.1) is 12.2 Å². The van der Waals surface area contributed by atoms with E-state index < -0.39 is 0 Å². The number of amides is 1. The third kappa shape index (κ3) is 2.38. The number of carbonyl (C=O) groups is 2. The van der Waals surface area contributed by atoms with E-state index in [9.17, 15) is 9.59 Å². The molecule has 16 heavy (non-hydrogen) atoms. The first-order valence-electron chi connectivity index (χ1n) is 4.99. The van der Waals surface area contributed by atoms with Gasteiger partial charge in [-0.2, -0.15) is 0 Å². The number of nitrogens with one attached hydrogen (secondary N) is 2. The van der Waals surface area contributed by atoms with E-state index in [4.69, 9.17) is 4.74 Å². The van der Waals surface area contributed by atoms with Gasteiger partial charge in [0, 0.05) is 6.54 Å². The third-order valence-corrected chi connectivity index (χ3v) is 2.23. The maximum atomic E-state index is 11.1. The van der Waals surface area contributed by atoms with Gasteiger partial charge in [0.2, 0.25) is 0 Å². The van der Waals surface area contributed by atoms with Crippen molar-refractivity contribution in [1.82, 2.24) is 5.32 Å². The lowest BCUT2D eigenvalue weighted by atomic mass is 10.1. The van der Waals surface area contributed by atoms with Crippen LogP contribution >= 0.6 is 0 Å². The van der Waals surface area contributed by atoms with Gasteiger partial charge in [0.25, 0.3) is 5.91 Å². The van der Waals surface area contributed by atoms with Crippen LogP contribution < -0.4 is 15.4 Å². The molecule has 2 N–H and O–H groups in total. The van der Waals surface area contributed by atoms with Gasteiger partial charge in [-0.05, 0) is 17.7 Å². The molecule has 0 aliphatic carbocycles. The Labute approximate surface area is 92.8 Å². The van der Waals surface area contributed by atoms with E-state index in [1.54, 1.807) is 0 Å². The molecule has 0 aromatic heterocycles. The minimum absolute atomic E-state index is 0.0652. The molecule has 0 saturated carbocycles. The molecule has 1 aromatic rings. The second-order valence-electron chi connectivity index (χ2n) is 3.46. The number of benzene rings is 1. The van der Waals surface area contributed by atoms with E-state index in [0.29, 0.717) is 24.5 Å². The molecule has 0 saturated heterocycles. The highest BCUT2D eigenvalue weighted by Gasteiger charge is 2.15. The molecule has 1 aliphatic rings. The zero-order chi connectivity index (χ0) is 11.4. The lowest BCUT2D eigenvalue weighted by molar-refractivity contribution is -0.118. The summed E-state index contributed by atoms with van der Waals surface area (Å²) in [4.78, 5) is 21.2. The summed E-state index contributed by atoms with van der Waals surface area (Å²) in [5.41, 5.74) is 1.67. The SMILES string of the molecule is O=CCNCc1ccc2c(c1)NC(=O)CO2. The van der Waals surface area contributed by atoms with Crippen molar-refractivity contribution in [2.45, 2.75) is 6.54 Å². The topological polar surface area (TPSA) is 67.4 Å². The van der Waals surface area contributed by atoms with Gasteiger partial charge in [-0.25, -0.2) is 0 Å². The highest BCUT2D eigenvalue weighted by molar-refractivity contribution is 5.95. The van der Waals surface area contributed by atoms with Crippen LogP contribution in [0.25, 0.3) is 0 Å². The fourth-order valence-electron chi connectivity index (χ4n) is 1.52. The molecule has 84 valence electrons. The van der Waals surface area contributed by atoms with Crippen molar-refractivity contribution in [3.8, 4) is 5.75 Å². The van der Waals surface area contributed by atoms with Crippen LogP contribution in [0.3, 0.4) is 0 Å². The van der Waals surface area contributed by atoms with Crippen molar-refractivity contribution in [3.63, 3.8) is 0 Å². The summed E-state index contributed by atoms with van der Waals surface area (Å²) in [5.74, 6) is 0.532. The van der Waals surface area contributed by atoms with Gasteiger partial charge in [0.1, 0.15) is 12.0 Å². The van der Waals surface area contributed by atoms with E-state index in [0.717, 1.165) is 11.8 Å². The molecule has 1 amide bonds. The molecular formula is C11H12N2O3. The minimum atomic E-state index is -0.148. The van der Waals surface area contributed by atoms with Crippen molar-refractivity contribution in [2.24, 2.45) is 0 Å². The monoisotopic (exact) mass is 220 g/mol. The maximum absolute atomic E-state index is 11.1. The summed E-state index contributed by atoms with van der Waals surface area (Å²) in [6.45, 7) is 0.970. The first-order valence-corrected chi connectivity index (χ1v) is 4.99. The molecule has 0 atom stereocenters. The standard InChI is InChI=1S/C11H12N2O3/c14-4-3-12-6-8-1-2-10-9(5-8)13-11(15)7-16-10/h1-2,4-5,12H,3,6-7H2,(H,13,15). The van der Waals surface area contributed by atoms with Crippen molar-refractivity contribution in [2.75, 3.05) is 18.5 Å². The summed E-state index contributed by atoms with van der Waals surface area (Å²) in [7, 11) is 0. The van der Waals surface area contributed by atoms with Crippen LogP contribution in [0.15, 0.2) is 18.2 Å². The van der Waals surface area contributed by atoms with Crippen LogP contribution in [0.1, 0.15) is 5.56 Å². The molecule has 5 heteroatoms. The number of fused-ring (bicyclic) bond motifs is 1. The normalized spacial score (nSPS) is 13.6. The highest BCUT2D eigenvalue weighted by Crippen LogP contribution is 2.28. The van der Waals surface area contributed by atoms with E-state index in [-0.39, 0.29) is 12.5 Å². The first-order chi connectivity index (χ1) is 7.79. The minimum Gasteiger partial charge on any atom is -0.482 e. The van der Waals surface area contributed by atoms with Gasteiger partial charge in [-0.1, -0.05) is 6.07 Å². The fraction of sp³-hybridized carbons (Fsp3) is 0.273. The molecule has 5 nitrogen and oxygen atoms in total. The molecule has 0 fully saturated rings. The van der Waals surface area contributed by atoms with Crippen molar-refractivity contribution >= 4 is 17.9 Å². The number of hydrogen-bond donors (Lipinski definition) is 2. The number of ether oxygens (including phenoxy) is 1. The average molecular weight is 220 g/mol. The smallest absolute Gasteiger partial charge is 0.262 e. The molecular weight excluding hydrogens is 208 g/mol. The third-order valence-electron chi connectivity index (χ3n) is 2.23. The Morgan fingerprint density at radius 1 is 1.50 bits per heavy atom. The van der Waals surface area contributed by atoms with Gasteiger partial charge in [0.15, 0.2) is 6.61 Å². The molecule has 0 bridgehead atoms. The quantitative estimate of drug-likeness (QED) is 0.566. The van der Waals surface area contributed by atoms with Crippen LogP contribution in [-0.2, 0) is 16.1 Å². The lowest BCUT2D eigenvalue weighted by Gasteiger charge is -2.18. The lowest BCUT2D eigenvalue weighted by Crippen LogP contribution is -2.25. The van der Waals surface area contributed by atoms with Gasteiger partial charge >= 0.3 is 0 Å². The molecule has 2 rings (SSSR count). The molecule has 0 radical (unpaired) electrons. The van der Waals surface area contributed by atoms with E-state index >= 15 is 0 Å². The number of carbonyl (C=O) groups excluding carboxylic acids is 2. The summed E-state index contributed by atoms with van der Waals surface area (Å²) in [6.07, 6.45) is 0.809. The second kappa shape index (κ2) is 4.76. The molecule has 0 unspecified atom stereocenters. The largest absolute Gasteiger partial charge is 0.482 e. The van der Waals surface area contributed by atoms with Crippen LogP contribution in [0.4, 0.5) is 5.69 Å². The summed E-state index contributed by atoms with van der Waals surface area (Å²) in [6, 6.07) is 5.55. The van der Waals surface area contributed by atoms with Crippen LogP contribution in [0.2, 0.25) is 0 Å². The number of rotatable bonds is 4. The Hall–Kier alpha value is -1.88. The van der Waals surface area contributed by atoms with Crippen molar-refractivity contribution < 1.29 is 14.3 Å². The van der Waals surface area contributed by atoms with Crippen LogP contribution in [-0.4, -0.2) is 25.3 Å². The number of anilines is 1. The van der Waals surface area contributed by atoms with Gasteiger partial charge in [-0.15, -0.1) is 0 Å². The van der Waals surface area contributed by atoms with E-state index in [2.05, 4.69) is 10.6 Å². The summed E-state index contributed by atoms with van der Waals surface area (Å²) >= 11 is 0. The summed E-state index contributed by atoms with van der Waals surface area (Å²) < 4.78 is 5.23. The molecule has 0 spiro atoms. The predicted molar refractivity (Wildman–Crippen MR) is 58.3 cm³/mol. The van der Waals surface area contributed by atoms with Gasteiger partial charge < -0.3 is 20.2 Å². The molecule has 1 aliphatic heterocycles. The van der Waals surface area contributed by atoms with Crippen LogP contribution in [0, 0.1) is 0 Å². The van der Waals surface area contributed by atoms with E-state index in [1.807, 2.05) is 18.2 Å².